The highest BCUT2D eigenvalue weighted by atomic mass is 35.5. The smallest absolute Gasteiger partial charge is 0.336 e. The van der Waals surface area contributed by atoms with E-state index in [4.69, 9.17) is 21.1 Å². The van der Waals surface area contributed by atoms with Gasteiger partial charge in [0.25, 0.3) is 0 Å². The number of carboxylic acid groups (broad SMARTS) is 1. The van der Waals surface area contributed by atoms with Crippen molar-refractivity contribution in [3.63, 3.8) is 0 Å². The number of aliphatic carboxylic acids is 1. The van der Waals surface area contributed by atoms with Gasteiger partial charge in [0.05, 0.1) is 17.7 Å². The molecular weight excluding hydrogens is 364 g/mol. The number of para-hydroxylation sites is 1. The minimum absolute atomic E-state index is 0.192. The van der Waals surface area contributed by atoms with Crippen molar-refractivity contribution in [2.45, 2.75) is 0 Å². The number of ether oxygens (including phenoxy) is 2. The molecule has 0 aromatic heterocycles. The maximum atomic E-state index is 11.7. The Morgan fingerprint density at radius 2 is 1.56 bits per heavy atom. The number of hydrogen-bond acceptors (Lipinski definition) is 3. The number of benzene rings is 3. The fourth-order valence-corrected chi connectivity index (χ4v) is 2.67. The van der Waals surface area contributed by atoms with Crippen LogP contribution < -0.4 is 9.47 Å². The van der Waals surface area contributed by atoms with Crippen molar-refractivity contribution in [1.82, 2.24) is 0 Å². The number of carboxylic acids is 1. The van der Waals surface area contributed by atoms with Crippen LogP contribution in [0.3, 0.4) is 0 Å². The van der Waals surface area contributed by atoms with E-state index >= 15 is 0 Å². The summed E-state index contributed by atoms with van der Waals surface area (Å²) in [4.78, 5) is 11.7. The van der Waals surface area contributed by atoms with Crippen LogP contribution in [0.2, 0.25) is 5.02 Å². The molecule has 3 aromatic carbocycles. The summed E-state index contributed by atoms with van der Waals surface area (Å²) in [6.45, 7) is 0. The molecule has 3 rings (SSSR count). The summed E-state index contributed by atoms with van der Waals surface area (Å²) in [5, 5.41) is 10.1. The lowest BCUT2D eigenvalue weighted by molar-refractivity contribution is -0.130. The van der Waals surface area contributed by atoms with Gasteiger partial charge < -0.3 is 14.6 Å². The lowest BCUT2D eigenvalue weighted by Gasteiger charge is -2.08. The van der Waals surface area contributed by atoms with E-state index in [1.165, 1.54) is 0 Å². The van der Waals surface area contributed by atoms with Gasteiger partial charge in [-0.05, 0) is 53.6 Å². The molecule has 0 aliphatic carbocycles. The molecule has 27 heavy (non-hydrogen) atoms. The van der Waals surface area contributed by atoms with Crippen LogP contribution in [0.5, 0.6) is 17.2 Å². The van der Waals surface area contributed by atoms with Gasteiger partial charge in [-0.25, -0.2) is 4.79 Å². The van der Waals surface area contributed by atoms with E-state index in [0.717, 1.165) is 5.56 Å². The number of methoxy groups -OCH3 is 1. The van der Waals surface area contributed by atoms with Gasteiger partial charge in [-0.2, -0.15) is 0 Å². The first kappa shape index (κ1) is 18.5. The predicted molar refractivity (Wildman–Crippen MR) is 106 cm³/mol. The SMILES string of the molecule is COc1ccc(/C(=C\c2ccc(Oc3ccccc3Cl)cc2)C(=O)O)cc1. The van der Waals surface area contributed by atoms with Crippen LogP contribution in [-0.4, -0.2) is 18.2 Å². The Labute approximate surface area is 162 Å². The number of hydrogen-bond donors (Lipinski definition) is 1. The highest BCUT2D eigenvalue weighted by Gasteiger charge is 2.11. The molecule has 3 aromatic rings. The lowest BCUT2D eigenvalue weighted by Crippen LogP contribution is -1.99. The Balaban J connectivity index is 1.83. The Morgan fingerprint density at radius 3 is 2.15 bits per heavy atom. The van der Waals surface area contributed by atoms with Crippen LogP contribution in [-0.2, 0) is 4.79 Å². The van der Waals surface area contributed by atoms with E-state index in [1.807, 2.05) is 12.1 Å². The molecular formula is C22H17ClO4. The highest BCUT2D eigenvalue weighted by molar-refractivity contribution is 6.32. The zero-order valence-corrected chi connectivity index (χ0v) is 15.3. The Morgan fingerprint density at radius 1 is 0.926 bits per heavy atom. The molecule has 0 bridgehead atoms. The van der Waals surface area contributed by atoms with E-state index in [2.05, 4.69) is 0 Å². The van der Waals surface area contributed by atoms with Crippen LogP contribution in [0.15, 0.2) is 72.8 Å². The van der Waals surface area contributed by atoms with Crippen LogP contribution in [0.1, 0.15) is 11.1 Å². The second-order valence-electron chi connectivity index (χ2n) is 5.69. The summed E-state index contributed by atoms with van der Waals surface area (Å²) in [6.07, 6.45) is 1.61. The van der Waals surface area contributed by atoms with Gasteiger partial charge in [0.2, 0.25) is 0 Å². The molecule has 0 amide bonds. The summed E-state index contributed by atoms with van der Waals surface area (Å²) in [6, 6.07) is 21.2. The van der Waals surface area contributed by atoms with Crippen molar-refractivity contribution in [3.8, 4) is 17.2 Å². The van der Waals surface area contributed by atoms with Crippen LogP contribution in [0.25, 0.3) is 11.6 Å². The third-order valence-electron chi connectivity index (χ3n) is 3.89. The van der Waals surface area contributed by atoms with Gasteiger partial charge in [-0.1, -0.05) is 48.0 Å². The second-order valence-corrected chi connectivity index (χ2v) is 6.10. The van der Waals surface area contributed by atoms with Crippen molar-refractivity contribution in [2.24, 2.45) is 0 Å². The molecule has 0 fully saturated rings. The second kappa shape index (κ2) is 8.43. The molecule has 0 spiro atoms. The summed E-state index contributed by atoms with van der Waals surface area (Å²) < 4.78 is 10.9. The van der Waals surface area contributed by atoms with Crippen LogP contribution in [0, 0.1) is 0 Å². The highest BCUT2D eigenvalue weighted by Crippen LogP contribution is 2.29. The molecule has 5 heteroatoms. The van der Waals surface area contributed by atoms with E-state index in [0.29, 0.717) is 27.8 Å². The van der Waals surface area contributed by atoms with Crippen molar-refractivity contribution in [2.75, 3.05) is 7.11 Å². The molecule has 0 aliphatic heterocycles. The largest absolute Gasteiger partial charge is 0.497 e. The first-order chi connectivity index (χ1) is 13.1. The average Bonchev–Trinajstić information content (AvgIpc) is 2.69. The number of rotatable bonds is 6. The van der Waals surface area contributed by atoms with Gasteiger partial charge in [-0.3, -0.25) is 0 Å². The first-order valence-corrected chi connectivity index (χ1v) is 8.56. The minimum atomic E-state index is -1.00. The Kier molecular flexibility index (Phi) is 5.79. The molecule has 0 unspecified atom stereocenters. The maximum Gasteiger partial charge on any atom is 0.336 e. The van der Waals surface area contributed by atoms with Gasteiger partial charge in [-0.15, -0.1) is 0 Å². The van der Waals surface area contributed by atoms with Gasteiger partial charge in [0, 0.05) is 0 Å². The maximum absolute atomic E-state index is 11.7. The van der Waals surface area contributed by atoms with Crippen molar-refractivity contribution in [1.29, 1.82) is 0 Å². The molecule has 0 radical (unpaired) electrons. The number of halogens is 1. The molecule has 0 aliphatic rings. The lowest BCUT2D eigenvalue weighted by atomic mass is 10.0. The van der Waals surface area contributed by atoms with E-state index in [-0.39, 0.29) is 5.57 Å². The van der Waals surface area contributed by atoms with Crippen LogP contribution >= 0.6 is 11.6 Å². The molecule has 4 nitrogen and oxygen atoms in total. The van der Waals surface area contributed by atoms with E-state index in [1.54, 1.807) is 73.8 Å². The molecule has 0 saturated carbocycles. The standard InChI is InChI=1S/C22H17ClO4/c1-26-17-12-8-16(9-13-17)19(22(24)25)14-15-6-10-18(11-7-15)27-21-5-3-2-4-20(21)23/h2-14H,1H3,(H,24,25)/b19-14+. The van der Waals surface area contributed by atoms with Crippen molar-refractivity contribution in [3.05, 3.63) is 88.9 Å². The zero-order chi connectivity index (χ0) is 19.2. The molecule has 136 valence electrons. The Hall–Kier alpha value is -3.24. The Bertz CT molecular complexity index is 960. The molecule has 0 saturated heterocycles. The predicted octanol–water partition coefficient (Wildman–Crippen LogP) is 5.77. The average molecular weight is 381 g/mol. The number of carbonyl (C=O) groups is 1. The van der Waals surface area contributed by atoms with Crippen molar-refractivity contribution >= 4 is 29.2 Å². The fraction of sp³-hybridized carbons (Fsp3) is 0.0455. The van der Waals surface area contributed by atoms with E-state index in [9.17, 15) is 9.90 Å². The van der Waals surface area contributed by atoms with E-state index < -0.39 is 5.97 Å². The van der Waals surface area contributed by atoms with Crippen LogP contribution in [0.4, 0.5) is 0 Å². The van der Waals surface area contributed by atoms with Gasteiger partial charge in [0.15, 0.2) is 0 Å². The fourth-order valence-electron chi connectivity index (χ4n) is 2.49. The molecule has 0 heterocycles. The summed E-state index contributed by atoms with van der Waals surface area (Å²) >= 11 is 6.09. The molecule has 1 N–H and O–H groups in total. The topological polar surface area (TPSA) is 55.8 Å². The molecule has 0 atom stereocenters. The van der Waals surface area contributed by atoms with Gasteiger partial charge >= 0.3 is 5.97 Å². The van der Waals surface area contributed by atoms with Gasteiger partial charge in [0.1, 0.15) is 17.2 Å². The quantitative estimate of drug-likeness (QED) is 0.436. The zero-order valence-electron chi connectivity index (χ0n) is 14.6. The minimum Gasteiger partial charge on any atom is -0.497 e. The van der Waals surface area contributed by atoms with Crippen molar-refractivity contribution < 1.29 is 19.4 Å². The summed E-state index contributed by atoms with van der Waals surface area (Å²) in [7, 11) is 1.56. The summed E-state index contributed by atoms with van der Waals surface area (Å²) in [5.41, 5.74) is 1.53. The third-order valence-corrected chi connectivity index (χ3v) is 4.20. The monoisotopic (exact) mass is 380 g/mol. The normalized spacial score (nSPS) is 11.1. The first-order valence-electron chi connectivity index (χ1n) is 8.18. The third kappa shape index (κ3) is 4.68. The summed E-state index contributed by atoms with van der Waals surface area (Å²) in [5.74, 6) is 0.842.